The Bertz CT molecular complexity index is 1440. The van der Waals surface area contributed by atoms with Gasteiger partial charge < -0.3 is 9.97 Å². The zero-order valence-corrected chi connectivity index (χ0v) is 23.8. The average molecular weight is 548 g/mol. The van der Waals surface area contributed by atoms with Gasteiger partial charge in [0.25, 0.3) is 0 Å². The van der Waals surface area contributed by atoms with Crippen LogP contribution in [-0.2, 0) is 0 Å². The maximum absolute atomic E-state index is 6.60. The van der Waals surface area contributed by atoms with E-state index in [-0.39, 0.29) is 0 Å². The fraction of sp³-hybridized carbons (Fsp3) is 0.400. The van der Waals surface area contributed by atoms with Crippen LogP contribution in [0.25, 0.3) is 33.6 Å². The van der Waals surface area contributed by atoms with E-state index < -0.39 is 8.07 Å². The molecule has 37 heavy (non-hydrogen) atoms. The van der Waals surface area contributed by atoms with E-state index >= 15 is 0 Å². The molecule has 0 amide bonds. The summed E-state index contributed by atoms with van der Waals surface area (Å²) in [6.45, 7) is 4.95. The van der Waals surface area contributed by atoms with Crippen LogP contribution in [0, 0.1) is 11.8 Å². The highest BCUT2D eigenvalue weighted by Gasteiger charge is 2.47. The first-order chi connectivity index (χ1) is 17.8. The van der Waals surface area contributed by atoms with Crippen molar-refractivity contribution in [2.24, 2.45) is 11.8 Å². The molecular formula is C30H32Cl2N4Si. The summed E-state index contributed by atoms with van der Waals surface area (Å²) >= 11 is 13.2. The molecule has 7 heteroatoms. The number of rotatable bonds is 5. The number of aromatic nitrogens is 4. The Morgan fingerprint density at radius 2 is 1.14 bits per heavy atom. The zero-order chi connectivity index (χ0) is 25.3. The number of aromatic amines is 2. The minimum Gasteiger partial charge on any atom is -0.332 e. The van der Waals surface area contributed by atoms with Crippen molar-refractivity contribution in [1.29, 1.82) is 0 Å². The summed E-state index contributed by atoms with van der Waals surface area (Å²) in [6, 6.07) is 19.7. The smallest absolute Gasteiger partial charge is 0.134 e. The van der Waals surface area contributed by atoms with Crippen molar-refractivity contribution in [3.63, 3.8) is 0 Å². The molecule has 1 aliphatic heterocycles. The number of fused-ring (bicyclic) bond motifs is 1. The summed E-state index contributed by atoms with van der Waals surface area (Å²) in [5.41, 5.74) is 6.12. The quantitative estimate of drug-likeness (QED) is 0.245. The highest BCUT2D eigenvalue weighted by Crippen LogP contribution is 2.57. The van der Waals surface area contributed by atoms with E-state index in [1.54, 1.807) is 0 Å². The lowest BCUT2D eigenvalue weighted by Crippen LogP contribution is -2.19. The first-order valence-electron chi connectivity index (χ1n) is 13.5. The van der Waals surface area contributed by atoms with Crippen LogP contribution in [0.4, 0.5) is 0 Å². The molecule has 0 radical (unpaired) electrons. The van der Waals surface area contributed by atoms with Gasteiger partial charge in [0.15, 0.2) is 0 Å². The van der Waals surface area contributed by atoms with Gasteiger partial charge in [-0.3, -0.25) is 0 Å². The van der Waals surface area contributed by atoms with Crippen LogP contribution >= 0.6 is 23.2 Å². The van der Waals surface area contributed by atoms with Crippen molar-refractivity contribution in [3.8, 4) is 33.6 Å². The number of hydrogen-bond donors (Lipinski definition) is 2. The molecule has 190 valence electrons. The lowest BCUT2D eigenvalue weighted by Gasteiger charge is -2.13. The molecule has 0 bridgehead atoms. The molecule has 4 atom stereocenters. The van der Waals surface area contributed by atoms with Crippen LogP contribution in [-0.4, -0.2) is 28.0 Å². The second-order valence-electron chi connectivity index (χ2n) is 12.3. The second-order valence-corrected chi connectivity index (χ2v) is 18.2. The zero-order valence-electron chi connectivity index (χ0n) is 21.3. The molecule has 3 aliphatic rings. The summed E-state index contributed by atoms with van der Waals surface area (Å²) in [5.74, 6) is 5.03. The topological polar surface area (TPSA) is 57.4 Å². The van der Waals surface area contributed by atoms with Crippen molar-refractivity contribution in [3.05, 3.63) is 70.5 Å². The Hall–Kier alpha value is -2.34. The monoisotopic (exact) mass is 546 g/mol. The van der Waals surface area contributed by atoms with Crippen LogP contribution in [0.5, 0.6) is 0 Å². The van der Waals surface area contributed by atoms with E-state index in [4.69, 9.17) is 33.2 Å². The van der Waals surface area contributed by atoms with E-state index in [1.165, 1.54) is 37.8 Å². The molecule has 2 aromatic heterocycles. The summed E-state index contributed by atoms with van der Waals surface area (Å²) in [6.07, 6.45) is 5.15. The molecule has 2 saturated carbocycles. The van der Waals surface area contributed by atoms with Gasteiger partial charge in [0.05, 0.1) is 0 Å². The van der Waals surface area contributed by atoms with Crippen molar-refractivity contribution in [2.45, 2.75) is 62.7 Å². The third-order valence-electron chi connectivity index (χ3n) is 8.99. The van der Waals surface area contributed by atoms with Gasteiger partial charge >= 0.3 is 0 Å². The van der Waals surface area contributed by atoms with Crippen LogP contribution < -0.4 is 0 Å². The maximum atomic E-state index is 6.60. The lowest BCUT2D eigenvalue weighted by atomic mass is 10.0. The summed E-state index contributed by atoms with van der Waals surface area (Å²) < 4.78 is 0. The number of nitrogens with zero attached hydrogens (tertiary/aromatic N) is 2. The summed E-state index contributed by atoms with van der Waals surface area (Å²) in [4.78, 5) is 16.6. The van der Waals surface area contributed by atoms with Crippen LogP contribution in [0.15, 0.2) is 48.5 Å². The van der Waals surface area contributed by atoms with Gasteiger partial charge in [-0.1, -0.05) is 90.9 Å². The van der Waals surface area contributed by atoms with Crippen LogP contribution in [0.1, 0.15) is 49.2 Å². The number of halogens is 2. The van der Waals surface area contributed by atoms with E-state index in [9.17, 15) is 0 Å². The van der Waals surface area contributed by atoms with Crippen LogP contribution in [0.2, 0.25) is 35.5 Å². The van der Waals surface area contributed by atoms with Gasteiger partial charge in [-0.05, 0) is 54.7 Å². The fourth-order valence-corrected chi connectivity index (χ4v) is 10.3. The largest absolute Gasteiger partial charge is 0.332 e. The Balaban J connectivity index is 1.08. The SMILES string of the molecule is C[Si]1(C)CC[C@H](c2nc(-c3ccc(-c4ccc(-c5nc(C6C[C@@H]7C[C@@H]7C6)[nH]c5Cl)cc4)cc3)c(Cl)[nH]2)C1. The molecule has 0 spiro atoms. The number of imidazole rings is 2. The van der Waals surface area contributed by atoms with E-state index in [0.29, 0.717) is 22.1 Å². The Morgan fingerprint density at radius 3 is 1.59 bits per heavy atom. The summed E-state index contributed by atoms with van der Waals surface area (Å²) in [7, 11) is -1.07. The number of H-pyrrole nitrogens is 2. The number of nitrogens with one attached hydrogen (secondary N) is 2. The molecule has 2 aromatic carbocycles. The molecule has 2 N–H and O–H groups in total. The Kier molecular flexibility index (Phi) is 5.69. The molecule has 3 heterocycles. The molecule has 2 aliphatic carbocycles. The minimum absolute atomic E-state index is 0.522. The maximum Gasteiger partial charge on any atom is 0.134 e. The van der Waals surface area contributed by atoms with Gasteiger partial charge in [-0.15, -0.1) is 0 Å². The molecule has 4 nitrogen and oxygen atoms in total. The molecule has 1 unspecified atom stereocenters. The van der Waals surface area contributed by atoms with Gasteiger partial charge in [0, 0.05) is 31.0 Å². The minimum atomic E-state index is -1.07. The first-order valence-corrected chi connectivity index (χ1v) is 17.7. The highest BCUT2D eigenvalue weighted by molar-refractivity contribution is 6.78. The van der Waals surface area contributed by atoms with Crippen molar-refractivity contribution in [1.82, 2.24) is 19.9 Å². The first kappa shape index (κ1) is 23.8. The standard InChI is InChI=1S/C30H32Cl2N4Si/c1-37(2)12-11-21(16-37)29-33-25(27(31)35-29)19-7-3-17(4-8-19)18-5-9-20(10-6-18)26-28(32)36-30(34-26)24-14-22-13-23(22)15-24/h3-10,21-24H,11-16H2,1-2H3,(H,33,35)(H,34,36)/t21-,22-,23+,24?/m0/s1. The van der Waals surface area contributed by atoms with Gasteiger partial charge in [0.1, 0.15) is 33.3 Å². The normalized spacial score (nSPS) is 25.9. The predicted molar refractivity (Wildman–Crippen MR) is 155 cm³/mol. The van der Waals surface area contributed by atoms with Crippen molar-refractivity contribution < 1.29 is 0 Å². The Labute approximate surface area is 229 Å². The van der Waals surface area contributed by atoms with Crippen molar-refractivity contribution >= 4 is 31.3 Å². The predicted octanol–water partition coefficient (Wildman–Crippen LogP) is 9.15. The van der Waals surface area contributed by atoms with Crippen LogP contribution in [0.3, 0.4) is 0 Å². The third kappa shape index (κ3) is 4.49. The molecule has 7 rings (SSSR count). The fourth-order valence-electron chi connectivity index (χ4n) is 6.76. The summed E-state index contributed by atoms with van der Waals surface area (Å²) in [5, 5.41) is 1.29. The highest BCUT2D eigenvalue weighted by atomic mass is 35.5. The molecule has 1 saturated heterocycles. The molecule has 3 fully saturated rings. The van der Waals surface area contributed by atoms with E-state index in [0.717, 1.165) is 57.1 Å². The number of benzene rings is 2. The lowest BCUT2D eigenvalue weighted by molar-refractivity contribution is 0.596. The average Bonchev–Trinajstić information content (AvgIpc) is 3.29. The molecular weight excluding hydrogens is 515 g/mol. The van der Waals surface area contributed by atoms with E-state index in [2.05, 4.69) is 71.6 Å². The van der Waals surface area contributed by atoms with Crippen molar-refractivity contribution in [2.75, 3.05) is 0 Å². The van der Waals surface area contributed by atoms with E-state index in [1.807, 2.05) is 0 Å². The third-order valence-corrected chi connectivity index (χ3v) is 12.8. The molecule has 4 aromatic rings. The second kappa shape index (κ2) is 8.86. The number of hydrogen-bond acceptors (Lipinski definition) is 2. The van der Waals surface area contributed by atoms with Gasteiger partial charge in [0.2, 0.25) is 0 Å². The van der Waals surface area contributed by atoms with Gasteiger partial charge in [-0.25, -0.2) is 9.97 Å². The van der Waals surface area contributed by atoms with Gasteiger partial charge in [-0.2, -0.15) is 0 Å². The Morgan fingerprint density at radius 1 is 0.676 bits per heavy atom.